The van der Waals surface area contributed by atoms with Crippen molar-refractivity contribution in [3.8, 4) is 0 Å². The summed E-state index contributed by atoms with van der Waals surface area (Å²) in [5.74, 6) is 3.81. The standard InChI is InChI=1S/C16H32/c1-9-12(4)13(5)10-14(6)16(8)15(7)11(2)3/h10-12,14-16H,9H2,1-8H3. The van der Waals surface area contributed by atoms with Crippen molar-refractivity contribution in [3.63, 3.8) is 0 Å². The summed E-state index contributed by atoms with van der Waals surface area (Å²) < 4.78 is 0. The van der Waals surface area contributed by atoms with Crippen molar-refractivity contribution < 1.29 is 0 Å². The molecule has 0 N–H and O–H groups in total. The third-order valence-corrected chi connectivity index (χ3v) is 4.63. The maximum Gasteiger partial charge on any atom is -0.0231 e. The minimum atomic E-state index is 0.700. The van der Waals surface area contributed by atoms with E-state index in [1.165, 1.54) is 6.42 Å². The fourth-order valence-electron chi connectivity index (χ4n) is 2.14. The van der Waals surface area contributed by atoms with Crippen molar-refractivity contribution in [2.45, 2.75) is 61.8 Å². The average molecular weight is 224 g/mol. The van der Waals surface area contributed by atoms with Crippen LogP contribution in [0, 0.1) is 29.6 Å². The summed E-state index contributed by atoms with van der Waals surface area (Å²) in [4.78, 5) is 0. The minimum absolute atomic E-state index is 0.700. The topological polar surface area (TPSA) is 0 Å². The molecule has 96 valence electrons. The molecule has 0 saturated carbocycles. The van der Waals surface area contributed by atoms with E-state index in [1.54, 1.807) is 5.57 Å². The molecule has 0 aromatic rings. The second kappa shape index (κ2) is 7.14. The van der Waals surface area contributed by atoms with Crippen molar-refractivity contribution >= 4 is 0 Å². The molecular formula is C16H32. The zero-order chi connectivity index (χ0) is 12.9. The van der Waals surface area contributed by atoms with Crippen LogP contribution in [0.15, 0.2) is 11.6 Å². The first kappa shape index (κ1) is 15.7. The van der Waals surface area contributed by atoms with Gasteiger partial charge in [-0.1, -0.05) is 60.1 Å². The summed E-state index contributed by atoms with van der Waals surface area (Å²) >= 11 is 0. The van der Waals surface area contributed by atoms with Crippen molar-refractivity contribution in [1.82, 2.24) is 0 Å². The van der Waals surface area contributed by atoms with E-state index in [0.29, 0.717) is 5.92 Å². The molecule has 0 rings (SSSR count). The second-order valence-electron chi connectivity index (χ2n) is 6.04. The molecule has 0 nitrogen and oxygen atoms in total. The Morgan fingerprint density at radius 1 is 0.938 bits per heavy atom. The van der Waals surface area contributed by atoms with Gasteiger partial charge in [0.15, 0.2) is 0 Å². The molecule has 4 atom stereocenters. The lowest BCUT2D eigenvalue weighted by molar-refractivity contribution is 0.250. The van der Waals surface area contributed by atoms with Gasteiger partial charge in [-0.25, -0.2) is 0 Å². The van der Waals surface area contributed by atoms with Gasteiger partial charge >= 0.3 is 0 Å². The van der Waals surface area contributed by atoms with Crippen LogP contribution in [0.4, 0.5) is 0 Å². The zero-order valence-corrected chi connectivity index (χ0v) is 12.7. The van der Waals surface area contributed by atoms with Gasteiger partial charge < -0.3 is 0 Å². The molecule has 0 aliphatic carbocycles. The van der Waals surface area contributed by atoms with Gasteiger partial charge in [0.05, 0.1) is 0 Å². The molecule has 0 saturated heterocycles. The van der Waals surface area contributed by atoms with Crippen LogP contribution in [0.2, 0.25) is 0 Å². The molecule has 0 fully saturated rings. The molecule has 0 aromatic heterocycles. The Bertz CT molecular complexity index is 212. The van der Waals surface area contributed by atoms with Gasteiger partial charge in [-0.3, -0.25) is 0 Å². The molecule has 0 amide bonds. The molecule has 0 aliphatic rings. The molecule has 4 unspecified atom stereocenters. The van der Waals surface area contributed by atoms with Crippen LogP contribution in [0.3, 0.4) is 0 Å². The highest BCUT2D eigenvalue weighted by molar-refractivity contribution is 5.04. The Labute approximate surface area is 104 Å². The largest absolute Gasteiger partial charge is 0.0822 e. The van der Waals surface area contributed by atoms with Crippen LogP contribution in [0.1, 0.15) is 61.8 Å². The van der Waals surface area contributed by atoms with E-state index in [9.17, 15) is 0 Å². The van der Waals surface area contributed by atoms with Crippen LogP contribution in [0.25, 0.3) is 0 Å². The monoisotopic (exact) mass is 224 g/mol. The van der Waals surface area contributed by atoms with Crippen LogP contribution in [-0.2, 0) is 0 Å². The third-order valence-electron chi connectivity index (χ3n) is 4.63. The average Bonchev–Trinajstić information content (AvgIpc) is 2.25. The van der Waals surface area contributed by atoms with E-state index in [-0.39, 0.29) is 0 Å². The maximum absolute atomic E-state index is 2.50. The van der Waals surface area contributed by atoms with Gasteiger partial charge in [0.1, 0.15) is 0 Å². The highest BCUT2D eigenvalue weighted by Crippen LogP contribution is 2.29. The first-order valence-corrected chi connectivity index (χ1v) is 6.99. The third kappa shape index (κ3) is 4.72. The lowest BCUT2D eigenvalue weighted by atomic mass is 9.78. The molecule has 0 radical (unpaired) electrons. The van der Waals surface area contributed by atoms with Gasteiger partial charge in [-0.2, -0.15) is 0 Å². The summed E-state index contributed by atoms with van der Waals surface area (Å²) in [6.07, 6.45) is 3.75. The summed E-state index contributed by atoms with van der Waals surface area (Å²) in [6.45, 7) is 18.7. The Morgan fingerprint density at radius 3 is 1.81 bits per heavy atom. The van der Waals surface area contributed by atoms with E-state index < -0.39 is 0 Å². The maximum atomic E-state index is 2.50. The lowest BCUT2D eigenvalue weighted by Crippen LogP contribution is -2.20. The van der Waals surface area contributed by atoms with E-state index in [1.807, 2.05) is 0 Å². The number of allylic oxidation sites excluding steroid dienone is 2. The smallest absolute Gasteiger partial charge is 0.0231 e. The summed E-state index contributed by atoms with van der Waals surface area (Å²) in [5, 5.41) is 0. The molecule has 0 heterocycles. The molecule has 16 heavy (non-hydrogen) atoms. The number of hydrogen-bond donors (Lipinski definition) is 0. The van der Waals surface area contributed by atoms with Gasteiger partial charge in [0.25, 0.3) is 0 Å². The Hall–Kier alpha value is -0.260. The quantitative estimate of drug-likeness (QED) is 0.519. The molecular weight excluding hydrogens is 192 g/mol. The van der Waals surface area contributed by atoms with Crippen molar-refractivity contribution in [2.75, 3.05) is 0 Å². The second-order valence-corrected chi connectivity index (χ2v) is 6.04. The van der Waals surface area contributed by atoms with Crippen molar-refractivity contribution in [2.24, 2.45) is 29.6 Å². The molecule has 0 spiro atoms. The molecule has 0 heteroatoms. The fourth-order valence-corrected chi connectivity index (χ4v) is 2.14. The van der Waals surface area contributed by atoms with E-state index >= 15 is 0 Å². The fraction of sp³-hybridized carbons (Fsp3) is 0.875. The SMILES string of the molecule is CCC(C)C(C)=CC(C)C(C)C(C)C(C)C. The van der Waals surface area contributed by atoms with E-state index in [2.05, 4.69) is 61.5 Å². The summed E-state index contributed by atoms with van der Waals surface area (Å²) in [6, 6.07) is 0. The zero-order valence-electron chi connectivity index (χ0n) is 12.7. The van der Waals surface area contributed by atoms with Crippen LogP contribution < -0.4 is 0 Å². The molecule has 0 bridgehead atoms. The van der Waals surface area contributed by atoms with Crippen LogP contribution in [0.5, 0.6) is 0 Å². The predicted molar refractivity (Wildman–Crippen MR) is 75.5 cm³/mol. The first-order chi connectivity index (χ1) is 7.31. The van der Waals surface area contributed by atoms with Gasteiger partial charge in [0, 0.05) is 0 Å². The van der Waals surface area contributed by atoms with Crippen LogP contribution in [-0.4, -0.2) is 0 Å². The highest BCUT2D eigenvalue weighted by Gasteiger charge is 2.20. The Balaban J connectivity index is 4.50. The lowest BCUT2D eigenvalue weighted by Gasteiger charge is -2.28. The first-order valence-electron chi connectivity index (χ1n) is 6.99. The van der Waals surface area contributed by atoms with Crippen molar-refractivity contribution in [3.05, 3.63) is 11.6 Å². The Kier molecular flexibility index (Phi) is 7.03. The minimum Gasteiger partial charge on any atom is -0.0822 e. The number of rotatable bonds is 6. The van der Waals surface area contributed by atoms with Gasteiger partial charge in [-0.05, 0) is 42.9 Å². The predicted octanol–water partition coefficient (Wildman–Crippen LogP) is 5.54. The number of hydrogen-bond acceptors (Lipinski definition) is 0. The molecule has 0 aromatic carbocycles. The van der Waals surface area contributed by atoms with Gasteiger partial charge in [0.2, 0.25) is 0 Å². The summed E-state index contributed by atoms with van der Waals surface area (Å²) in [5.41, 5.74) is 1.57. The van der Waals surface area contributed by atoms with Gasteiger partial charge in [-0.15, -0.1) is 0 Å². The normalized spacial score (nSPS) is 20.7. The van der Waals surface area contributed by atoms with Crippen molar-refractivity contribution in [1.29, 1.82) is 0 Å². The van der Waals surface area contributed by atoms with E-state index in [4.69, 9.17) is 0 Å². The summed E-state index contributed by atoms with van der Waals surface area (Å²) in [7, 11) is 0. The molecule has 0 aliphatic heterocycles. The van der Waals surface area contributed by atoms with E-state index in [0.717, 1.165) is 23.7 Å². The van der Waals surface area contributed by atoms with Crippen LogP contribution >= 0.6 is 0 Å². The Morgan fingerprint density at radius 2 is 1.44 bits per heavy atom. The highest BCUT2D eigenvalue weighted by atomic mass is 14.3.